The molecule has 0 saturated carbocycles. The zero-order valence-electron chi connectivity index (χ0n) is 18.8. The van der Waals surface area contributed by atoms with Crippen LogP contribution in [0, 0.1) is 0 Å². The van der Waals surface area contributed by atoms with E-state index >= 15 is 0 Å². The van der Waals surface area contributed by atoms with Gasteiger partial charge in [-0.3, -0.25) is 4.39 Å². The van der Waals surface area contributed by atoms with Crippen LogP contribution in [0.3, 0.4) is 0 Å². The minimum Gasteiger partial charge on any atom is -0.303 e. The third-order valence-corrected chi connectivity index (χ3v) is 4.97. The van der Waals surface area contributed by atoms with Crippen molar-refractivity contribution in [2.45, 2.75) is 44.9 Å². The van der Waals surface area contributed by atoms with Gasteiger partial charge >= 0.3 is 0 Å². The Hall–Kier alpha value is -2.61. The first kappa shape index (κ1) is 28.4. The van der Waals surface area contributed by atoms with Crippen molar-refractivity contribution in [3.05, 3.63) is 78.4 Å². The molecule has 0 fully saturated rings. The second kappa shape index (κ2) is 13.6. The van der Waals surface area contributed by atoms with E-state index in [2.05, 4.69) is 11.6 Å². The van der Waals surface area contributed by atoms with Crippen molar-refractivity contribution >= 4 is 9.84 Å². The fraction of sp³-hybridized carbons (Fsp3) is 0.348. The van der Waals surface area contributed by atoms with Gasteiger partial charge in [-0.2, -0.15) is 0 Å². The smallest absolute Gasteiger partial charge is 0.281 e. The highest BCUT2D eigenvalue weighted by atomic mass is 32.2. The number of imidazole rings is 1. The molecule has 2 rings (SSSR count). The van der Waals surface area contributed by atoms with Gasteiger partial charge in [-0.05, 0) is 45.0 Å². The largest absolute Gasteiger partial charge is 0.303 e. The number of benzene rings is 1. The summed E-state index contributed by atoms with van der Waals surface area (Å²) in [5.74, 6) is 0.329. The van der Waals surface area contributed by atoms with E-state index < -0.39 is 16.3 Å². The fourth-order valence-electron chi connectivity index (χ4n) is 2.61. The van der Waals surface area contributed by atoms with Crippen molar-refractivity contribution in [3.8, 4) is 5.69 Å². The van der Waals surface area contributed by atoms with Gasteiger partial charge in [0.1, 0.15) is 11.5 Å². The molecule has 31 heavy (non-hydrogen) atoms. The Bertz CT molecular complexity index is 973. The lowest BCUT2D eigenvalue weighted by molar-refractivity contribution is 0.146. The average Bonchev–Trinajstić information content (AvgIpc) is 3.16. The molecule has 1 atom stereocenters. The number of halogens is 3. The van der Waals surface area contributed by atoms with Gasteiger partial charge in [-0.25, -0.2) is 22.2 Å². The predicted octanol–water partition coefficient (Wildman–Crippen LogP) is 6.62. The number of hydrogen-bond acceptors (Lipinski definition) is 3. The van der Waals surface area contributed by atoms with Gasteiger partial charge in [0.2, 0.25) is 0 Å². The van der Waals surface area contributed by atoms with Gasteiger partial charge in [0.05, 0.1) is 12.1 Å². The highest BCUT2D eigenvalue weighted by Crippen LogP contribution is 2.27. The molecule has 0 aliphatic rings. The second-order valence-corrected chi connectivity index (χ2v) is 8.77. The normalized spacial score (nSPS) is 11.8. The van der Waals surface area contributed by atoms with E-state index in [1.54, 1.807) is 22.8 Å². The molecule has 0 radical (unpaired) electrons. The number of allylic oxidation sites excluding steroid dienone is 5. The maximum Gasteiger partial charge on any atom is 0.281 e. The monoisotopic (exact) mass is 456 g/mol. The SMILES string of the molecule is C=C/C=C\C.CC(C)=CC(C)c1nc(C(F)F)cn1-c1ccc(S(C)(=O)=O)cc1.CF. The summed E-state index contributed by atoms with van der Waals surface area (Å²) in [5, 5.41) is 0. The van der Waals surface area contributed by atoms with E-state index in [-0.39, 0.29) is 16.5 Å². The number of sulfone groups is 1. The topological polar surface area (TPSA) is 52.0 Å². The molecule has 4 nitrogen and oxygen atoms in total. The molecule has 0 N–H and O–H groups in total. The summed E-state index contributed by atoms with van der Waals surface area (Å²) in [4.78, 5) is 4.24. The molecule has 0 aliphatic carbocycles. The van der Waals surface area contributed by atoms with Crippen molar-refractivity contribution in [1.29, 1.82) is 0 Å². The van der Waals surface area contributed by atoms with Crippen LogP contribution >= 0.6 is 0 Å². The molecular weight excluding hydrogens is 425 g/mol. The summed E-state index contributed by atoms with van der Waals surface area (Å²) in [7, 11) is -2.81. The third-order valence-electron chi connectivity index (χ3n) is 3.84. The summed E-state index contributed by atoms with van der Waals surface area (Å²) < 4.78 is 60.3. The Balaban J connectivity index is 0.00000113. The van der Waals surface area contributed by atoms with E-state index in [0.717, 1.165) is 11.8 Å². The standard InChI is InChI=1S/C17H20F2N2O2S.C5H8.CH3F/c1-11(2)9-12(3)17-20-15(16(18)19)10-21(17)13-5-7-14(8-6-13)24(4,22)23;1-3-5-4-2;1-2/h5-10,12,16H,1-4H3;3-5H,1H2,2H3;1H3/b;5-4-;. The molecular formula is C23H31F3N2O2S. The molecule has 0 spiro atoms. The van der Waals surface area contributed by atoms with E-state index in [1.165, 1.54) is 18.3 Å². The van der Waals surface area contributed by atoms with Crippen LogP contribution in [0.1, 0.15) is 51.6 Å². The summed E-state index contributed by atoms with van der Waals surface area (Å²) in [6.45, 7) is 11.2. The Morgan fingerprint density at radius 3 is 2.06 bits per heavy atom. The lowest BCUT2D eigenvalue weighted by Crippen LogP contribution is -2.04. The Morgan fingerprint density at radius 1 is 1.16 bits per heavy atom. The molecule has 0 amide bonds. The van der Waals surface area contributed by atoms with Crippen molar-refractivity contribution in [2.24, 2.45) is 0 Å². The Labute approximate surface area is 183 Å². The van der Waals surface area contributed by atoms with Crippen LogP contribution in [0.5, 0.6) is 0 Å². The summed E-state index contributed by atoms with van der Waals surface area (Å²) in [6, 6.07) is 6.10. The molecule has 8 heteroatoms. The molecule has 0 aliphatic heterocycles. The highest BCUT2D eigenvalue weighted by molar-refractivity contribution is 7.90. The lowest BCUT2D eigenvalue weighted by Gasteiger charge is -2.12. The summed E-state index contributed by atoms with van der Waals surface area (Å²) >= 11 is 0. The van der Waals surface area contributed by atoms with E-state index in [0.29, 0.717) is 18.7 Å². The zero-order chi connectivity index (χ0) is 24.2. The van der Waals surface area contributed by atoms with Crippen LogP contribution < -0.4 is 0 Å². The van der Waals surface area contributed by atoms with Gasteiger partial charge in [0.25, 0.3) is 6.43 Å². The van der Waals surface area contributed by atoms with Gasteiger partial charge < -0.3 is 4.57 Å². The number of nitrogens with zero attached hydrogens (tertiary/aromatic N) is 2. The molecule has 1 aromatic heterocycles. The molecule has 0 bridgehead atoms. The third kappa shape index (κ3) is 9.38. The van der Waals surface area contributed by atoms with Gasteiger partial charge in [-0.15, -0.1) is 0 Å². The second-order valence-electron chi connectivity index (χ2n) is 6.75. The molecule has 1 unspecified atom stereocenters. The van der Waals surface area contributed by atoms with Crippen LogP contribution in [-0.4, -0.2) is 31.4 Å². The first-order valence-electron chi connectivity index (χ1n) is 9.45. The number of rotatable bonds is 6. The summed E-state index contributed by atoms with van der Waals surface area (Å²) in [6.07, 6.45) is 7.27. The van der Waals surface area contributed by atoms with Crippen LogP contribution in [0.15, 0.2) is 71.8 Å². The minimum absolute atomic E-state index is 0.155. The Kier molecular flexibility index (Phi) is 12.5. The Morgan fingerprint density at radius 2 is 1.71 bits per heavy atom. The molecule has 172 valence electrons. The van der Waals surface area contributed by atoms with Gasteiger partial charge in [-0.1, -0.05) is 43.4 Å². The first-order valence-corrected chi connectivity index (χ1v) is 11.3. The quantitative estimate of drug-likeness (QED) is 0.363. The number of alkyl halides is 3. The van der Waals surface area contributed by atoms with Gasteiger partial charge in [0, 0.05) is 24.1 Å². The number of hydrogen-bond donors (Lipinski definition) is 0. The maximum atomic E-state index is 13.1. The fourth-order valence-corrected chi connectivity index (χ4v) is 3.24. The van der Waals surface area contributed by atoms with E-state index in [4.69, 9.17) is 0 Å². The molecule has 0 saturated heterocycles. The van der Waals surface area contributed by atoms with Crippen molar-refractivity contribution in [2.75, 3.05) is 13.4 Å². The molecule has 1 heterocycles. The molecule has 1 aromatic carbocycles. The average molecular weight is 457 g/mol. The molecule has 2 aromatic rings. The van der Waals surface area contributed by atoms with Crippen molar-refractivity contribution in [3.63, 3.8) is 0 Å². The van der Waals surface area contributed by atoms with E-state index in [1.807, 2.05) is 45.9 Å². The van der Waals surface area contributed by atoms with E-state index in [9.17, 15) is 21.6 Å². The first-order chi connectivity index (χ1) is 14.5. The van der Waals surface area contributed by atoms with Crippen LogP contribution in [0.4, 0.5) is 13.2 Å². The van der Waals surface area contributed by atoms with Gasteiger partial charge in [0.15, 0.2) is 9.84 Å². The van der Waals surface area contributed by atoms with Crippen LogP contribution in [-0.2, 0) is 9.84 Å². The zero-order valence-corrected chi connectivity index (χ0v) is 19.6. The summed E-state index contributed by atoms with van der Waals surface area (Å²) in [5.41, 5.74) is 1.35. The minimum atomic E-state index is -3.31. The highest BCUT2D eigenvalue weighted by Gasteiger charge is 2.19. The van der Waals surface area contributed by atoms with Crippen LogP contribution in [0.25, 0.3) is 5.69 Å². The predicted molar refractivity (Wildman–Crippen MR) is 122 cm³/mol. The van der Waals surface area contributed by atoms with Crippen molar-refractivity contribution in [1.82, 2.24) is 9.55 Å². The lowest BCUT2D eigenvalue weighted by atomic mass is 10.1. The van der Waals surface area contributed by atoms with Crippen LogP contribution in [0.2, 0.25) is 0 Å². The number of aromatic nitrogens is 2. The maximum absolute atomic E-state index is 13.1. The van der Waals surface area contributed by atoms with Crippen molar-refractivity contribution < 1.29 is 21.6 Å².